The first kappa shape index (κ1) is 21.8. The highest BCUT2D eigenvalue weighted by Crippen LogP contribution is 2.37. The van der Waals surface area contributed by atoms with E-state index in [0.717, 1.165) is 0 Å². The lowest BCUT2D eigenvalue weighted by Crippen LogP contribution is -2.44. The molecule has 0 aromatic heterocycles. The number of allylic oxidation sites excluding steroid dienone is 1. The van der Waals surface area contributed by atoms with Crippen molar-refractivity contribution in [3.05, 3.63) is 47.6 Å². The van der Waals surface area contributed by atoms with Gasteiger partial charge in [0.25, 0.3) is 0 Å². The largest absolute Gasteiger partial charge is 0.455 e. The molecule has 0 unspecified atom stereocenters. The Morgan fingerprint density at radius 2 is 2.18 bits per heavy atom. The number of fused-ring (bicyclic) bond motifs is 1. The maximum absolute atomic E-state index is 12.3. The molecule has 1 heterocycles. The molecule has 1 aliphatic carbocycles. The number of aliphatic hydroxyl groups excluding tert-OH is 1. The van der Waals surface area contributed by atoms with E-state index in [4.69, 9.17) is 14.2 Å². The molecule has 0 bridgehead atoms. The third-order valence-corrected chi connectivity index (χ3v) is 4.76. The molecule has 0 amide bonds. The average Bonchev–Trinajstić information content (AvgIpc) is 2.94. The fraction of sp³-hybridized carbons (Fsp3) is 0.476. The lowest BCUT2D eigenvalue weighted by Gasteiger charge is -2.33. The molecule has 2 aliphatic rings. The van der Waals surface area contributed by atoms with Crippen LogP contribution in [0.1, 0.15) is 26.7 Å². The lowest BCUT2D eigenvalue weighted by molar-refractivity contribution is -0.156. The van der Waals surface area contributed by atoms with Gasteiger partial charge in [-0.2, -0.15) is 0 Å². The number of rotatable bonds is 6. The van der Waals surface area contributed by atoms with Gasteiger partial charge in [-0.05, 0) is 38.3 Å². The zero-order chi connectivity index (χ0) is 20.8. The molecular weight excluding hydrogens is 364 g/mol. The maximum Gasteiger partial charge on any atom is 0.334 e. The van der Waals surface area contributed by atoms with Gasteiger partial charge in [0.05, 0.1) is 12.5 Å². The number of hydrogen-bond donors (Lipinski definition) is 1. The molecule has 1 aliphatic heterocycles. The molecule has 1 fully saturated rings. The molecule has 7 heteroatoms. The quantitative estimate of drug-likeness (QED) is 0.320. The monoisotopic (exact) mass is 390 g/mol. The molecule has 0 aromatic carbocycles. The van der Waals surface area contributed by atoms with E-state index >= 15 is 0 Å². The molecule has 152 valence electrons. The number of carbonyl (C=O) groups excluding carboxylic acids is 3. The second-order valence-electron chi connectivity index (χ2n) is 6.79. The summed E-state index contributed by atoms with van der Waals surface area (Å²) in [6, 6.07) is 0. The summed E-state index contributed by atoms with van der Waals surface area (Å²) in [6.45, 7) is 10.7. The Hall–Kier alpha value is -2.51. The standard InChI is InChI=1S/C21H26O7/c1-5-26-18-15(11-23)8-6-7-14(10-22)9-16-17(13(4)21(25)27-16)19(18)28-20(24)12(2)3/h8-9,11,16-19,22H,2,4-7,10H2,1,3H3/b14-9+,15-8-/t16-,17+,18-,19+/m1/s1. The summed E-state index contributed by atoms with van der Waals surface area (Å²) in [4.78, 5) is 36.3. The van der Waals surface area contributed by atoms with E-state index in [1.165, 1.54) is 6.92 Å². The fourth-order valence-corrected chi connectivity index (χ4v) is 3.34. The Morgan fingerprint density at radius 1 is 1.46 bits per heavy atom. The van der Waals surface area contributed by atoms with E-state index < -0.39 is 36.2 Å². The normalized spacial score (nSPS) is 31.5. The lowest BCUT2D eigenvalue weighted by atomic mass is 9.83. The Balaban J connectivity index is 2.61. The smallest absolute Gasteiger partial charge is 0.334 e. The van der Waals surface area contributed by atoms with Crippen LogP contribution in [0.15, 0.2) is 47.6 Å². The van der Waals surface area contributed by atoms with Gasteiger partial charge < -0.3 is 19.3 Å². The van der Waals surface area contributed by atoms with Crippen LogP contribution in [-0.2, 0) is 28.6 Å². The summed E-state index contributed by atoms with van der Waals surface area (Å²) in [5, 5.41) is 9.62. The van der Waals surface area contributed by atoms with Crippen molar-refractivity contribution < 1.29 is 33.7 Å². The molecule has 2 rings (SSSR count). The SMILES string of the molecule is C=C(C)C(=O)O[C@H]1[C@H]2C(=C)C(=O)O[C@@H]2/C=C(/CO)CC/C=C(/C=O)[C@H]1OCC. The highest BCUT2D eigenvalue weighted by molar-refractivity contribution is 5.92. The maximum atomic E-state index is 12.3. The van der Waals surface area contributed by atoms with Gasteiger partial charge in [-0.1, -0.05) is 19.2 Å². The summed E-state index contributed by atoms with van der Waals surface area (Å²) in [6.07, 6.45) is 2.24. The summed E-state index contributed by atoms with van der Waals surface area (Å²) in [5.41, 5.74) is 1.24. The van der Waals surface area contributed by atoms with E-state index in [-0.39, 0.29) is 24.4 Å². The average molecular weight is 390 g/mol. The number of esters is 2. The van der Waals surface area contributed by atoms with Crippen LogP contribution in [0.4, 0.5) is 0 Å². The minimum atomic E-state index is -1.03. The molecular formula is C21H26O7. The van der Waals surface area contributed by atoms with Crippen LogP contribution in [-0.4, -0.2) is 54.9 Å². The molecule has 0 aromatic rings. The molecule has 4 atom stereocenters. The predicted molar refractivity (Wildman–Crippen MR) is 101 cm³/mol. The van der Waals surface area contributed by atoms with Crippen molar-refractivity contribution in [3.63, 3.8) is 0 Å². The number of aldehydes is 1. The zero-order valence-corrected chi connectivity index (χ0v) is 16.2. The van der Waals surface area contributed by atoms with Gasteiger partial charge in [0.2, 0.25) is 0 Å². The number of carbonyl (C=O) groups is 3. The minimum Gasteiger partial charge on any atom is -0.455 e. The van der Waals surface area contributed by atoms with E-state index in [1.807, 2.05) is 0 Å². The summed E-state index contributed by atoms with van der Waals surface area (Å²) in [7, 11) is 0. The van der Waals surface area contributed by atoms with Crippen molar-refractivity contribution >= 4 is 18.2 Å². The molecule has 0 radical (unpaired) electrons. The molecule has 0 spiro atoms. The molecule has 1 N–H and O–H groups in total. The van der Waals surface area contributed by atoms with Crippen LogP contribution in [0.5, 0.6) is 0 Å². The number of aliphatic hydroxyl groups is 1. The molecule has 7 nitrogen and oxygen atoms in total. The summed E-state index contributed by atoms with van der Waals surface area (Å²) in [5.74, 6) is -2.06. The Kier molecular flexibility index (Phi) is 7.48. The van der Waals surface area contributed by atoms with Crippen molar-refractivity contribution in [1.29, 1.82) is 0 Å². The first-order chi connectivity index (χ1) is 13.3. The van der Waals surface area contributed by atoms with Crippen molar-refractivity contribution in [3.8, 4) is 0 Å². The zero-order valence-electron chi connectivity index (χ0n) is 16.2. The first-order valence-electron chi connectivity index (χ1n) is 9.17. The summed E-state index contributed by atoms with van der Waals surface area (Å²) < 4.78 is 16.8. The molecule has 28 heavy (non-hydrogen) atoms. The van der Waals surface area contributed by atoms with Crippen molar-refractivity contribution in [2.45, 2.75) is 45.0 Å². The van der Waals surface area contributed by atoms with E-state index in [9.17, 15) is 19.5 Å². The Morgan fingerprint density at radius 3 is 2.75 bits per heavy atom. The first-order valence-corrected chi connectivity index (χ1v) is 9.17. The Bertz CT molecular complexity index is 731. The second kappa shape index (κ2) is 9.61. The van der Waals surface area contributed by atoms with Crippen LogP contribution >= 0.6 is 0 Å². The van der Waals surface area contributed by atoms with Crippen LogP contribution in [0, 0.1) is 5.92 Å². The summed E-state index contributed by atoms with van der Waals surface area (Å²) >= 11 is 0. The van der Waals surface area contributed by atoms with Gasteiger partial charge in [-0.3, -0.25) is 4.79 Å². The Labute approximate surface area is 164 Å². The second-order valence-corrected chi connectivity index (χ2v) is 6.79. The van der Waals surface area contributed by atoms with Gasteiger partial charge >= 0.3 is 11.9 Å². The molecule has 1 saturated heterocycles. The van der Waals surface area contributed by atoms with Gasteiger partial charge in [0.1, 0.15) is 24.6 Å². The van der Waals surface area contributed by atoms with Crippen LogP contribution in [0.25, 0.3) is 0 Å². The topological polar surface area (TPSA) is 99.1 Å². The third-order valence-electron chi connectivity index (χ3n) is 4.76. The highest BCUT2D eigenvalue weighted by atomic mass is 16.6. The van der Waals surface area contributed by atoms with Gasteiger partial charge in [-0.25, -0.2) is 9.59 Å². The van der Waals surface area contributed by atoms with Gasteiger partial charge in [0, 0.05) is 23.3 Å². The van der Waals surface area contributed by atoms with E-state index in [1.54, 1.807) is 19.1 Å². The minimum absolute atomic E-state index is 0.119. The van der Waals surface area contributed by atoms with E-state index in [2.05, 4.69) is 13.2 Å². The van der Waals surface area contributed by atoms with Gasteiger partial charge in [0.15, 0.2) is 0 Å². The van der Waals surface area contributed by atoms with Crippen molar-refractivity contribution in [2.24, 2.45) is 5.92 Å². The van der Waals surface area contributed by atoms with Gasteiger partial charge in [-0.15, -0.1) is 0 Å². The van der Waals surface area contributed by atoms with Crippen molar-refractivity contribution in [2.75, 3.05) is 13.2 Å². The third kappa shape index (κ3) is 4.66. The van der Waals surface area contributed by atoms with Crippen LogP contribution < -0.4 is 0 Å². The number of ether oxygens (including phenoxy) is 3. The van der Waals surface area contributed by atoms with Crippen molar-refractivity contribution in [1.82, 2.24) is 0 Å². The predicted octanol–water partition coefficient (Wildman–Crippen LogP) is 1.81. The van der Waals surface area contributed by atoms with Crippen LogP contribution in [0.2, 0.25) is 0 Å². The fourth-order valence-electron chi connectivity index (χ4n) is 3.34. The van der Waals surface area contributed by atoms with Crippen LogP contribution in [0.3, 0.4) is 0 Å². The van der Waals surface area contributed by atoms with E-state index in [0.29, 0.717) is 30.3 Å². The highest BCUT2D eigenvalue weighted by Gasteiger charge is 2.48. The number of hydrogen-bond acceptors (Lipinski definition) is 7. The molecule has 0 saturated carbocycles.